The SMILES string of the molecule is C=CCNC(=O)/C(C#N)=C/c1csc(N(C(C)=O)c2ccccc2F)n1. The summed E-state index contributed by atoms with van der Waals surface area (Å²) in [5.41, 5.74) is 0.260. The number of halogens is 1. The highest BCUT2D eigenvalue weighted by atomic mass is 32.1. The topological polar surface area (TPSA) is 86.1 Å². The van der Waals surface area contributed by atoms with Gasteiger partial charge in [0.05, 0.1) is 11.4 Å². The highest BCUT2D eigenvalue weighted by molar-refractivity contribution is 7.14. The molecule has 6 nitrogen and oxygen atoms in total. The minimum absolute atomic E-state index is 0.0779. The third kappa shape index (κ3) is 4.40. The van der Waals surface area contributed by atoms with Crippen LogP contribution in [-0.2, 0) is 9.59 Å². The number of carbonyl (C=O) groups excluding carboxylic acids is 2. The summed E-state index contributed by atoms with van der Waals surface area (Å²) >= 11 is 1.10. The van der Waals surface area contributed by atoms with Crippen molar-refractivity contribution in [2.75, 3.05) is 11.4 Å². The van der Waals surface area contributed by atoms with Crippen molar-refractivity contribution >= 4 is 40.0 Å². The Morgan fingerprint density at radius 2 is 2.19 bits per heavy atom. The molecule has 26 heavy (non-hydrogen) atoms. The number of hydrogen-bond acceptors (Lipinski definition) is 5. The molecule has 0 saturated heterocycles. The summed E-state index contributed by atoms with van der Waals surface area (Å²) in [6, 6.07) is 7.65. The van der Waals surface area contributed by atoms with Gasteiger partial charge in [0.1, 0.15) is 17.5 Å². The molecule has 1 aromatic carbocycles. The van der Waals surface area contributed by atoms with Crippen molar-refractivity contribution in [3.63, 3.8) is 0 Å². The van der Waals surface area contributed by atoms with Crippen LogP contribution >= 0.6 is 11.3 Å². The summed E-state index contributed by atoms with van der Waals surface area (Å²) in [6.07, 6.45) is 2.80. The lowest BCUT2D eigenvalue weighted by Crippen LogP contribution is -2.24. The molecule has 2 rings (SSSR count). The predicted octanol–water partition coefficient (Wildman–Crippen LogP) is 3.18. The van der Waals surface area contributed by atoms with E-state index in [-0.39, 0.29) is 22.9 Å². The number of thiazole rings is 1. The van der Waals surface area contributed by atoms with E-state index < -0.39 is 17.6 Å². The first-order valence-corrected chi connectivity index (χ1v) is 8.37. The first-order valence-electron chi connectivity index (χ1n) is 7.49. The van der Waals surface area contributed by atoms with Gasteiger partial charge in [-0.15, -0.1) is 17.9 Å². The fraction of sp³-hybridized carbons (Fsp3) is 0.111. The van der Waals surface area contributed by atoms with E-state index in [9.17, 15) is 14.0 Å². The molecule has 1 aromatic heterocycles. The standard InChI is InChI=1S/C18H15FN4O2S/c1-3-8-21-17(25)13(10-20)9-14-11-26-18(22-14)23(12(2)24)16-7-5-4-6-15(16)19/h3-7,9,11H,1,8H2,2H3,(H,21,25)/b13-9+. The van der Waals surface area contributed by atoms with Crippen molar-refractivity contribution in [1.82, 2.24) is 10.3 Å². The molecular formula is C18H15FN4O2S. The second-order valence-corrected chi connectivity index (χ2v) is 5.87. The Labute approximate surface area is 153 Å². The fourth-order valence-corrected chi connectivity index (χ4v) is 2.88. The average molecular weight is 370 g/mol. The first-order chi connectivity index (χ1) is 12.5. The quantitative estimate of drug-likeness (QED) is 0.481. The summed E-state index contributed by atoms with van der Waals surface area (Å²) < 4.78 is 14.0. The van der Waals surface area contributed by atoms with Gasteiger partial charge in [-0.05, 0) is 18.2 Å². The Bertz CT molecular complexity index is 914. The van der Waals surface area contributed by atoms with E-state index in [0.717, 1.165) is 16.2 Å². The summed E-state index contributed by atoms with van der Waals surface area (Å²) in [6.45, 7) is 5.01. The average Bonchev–Trinajstić information content (AvgIpc) is 3.07. The molecule has 0 aliphatic rings. The van der Waals surface area contributed by atoms with Crippen molar-refractivity contribution in [1.29, 1.82) is 5.26 Å². The summed E-state index contributed by atoms with van der Waals surface area (Å²) in [4.78, 5) is 29.2. The molecule has 0 atom stereocenters. The van der Waals surface area contributed by atoms with Crippen LogP contribution in [0, 0.1) is 17.1 Å². The molecule has 0 radical (unpaired) electrons. The van der Waals surface area contributed by atoms with Gasteiger partial charge >= 0.3 is 0 Å². The molecule has 1 N–H and O–H groups in total. The number of para-hydroxylation sites is 1. The molecule has 2 aromatic rings. The van der Waals surface area contributed by atoms with Crippen molar-refractivity contribution < 1.29 is 14.0 Å². The molecule has 0 saturated carbocycles. The van der Waals surface area contributed by atoms with E-state index in [1.54, 1.807) is 17.5 Å². The maximum absolute atomic E-state index is 14.0. The molecule has 0 spiro atoms. The molecule has 0 bridgehead atoms. The summed E-state index contributed by atoms with van der Waals surface area (Å²) in [5, 5.41) is 13.4. The van der Waals surface area contributed by atoms with E-state index in [4.69, 9.17) is 5.26 Å². The Morgan fingerprint density at radius 1 is 1.46 bits per heavy atom. The monoisotopic (exact) mass is 370 g/mol. The number of nitriles is 1. The van der Waals surface area contributed by atoms with E-state index in [0.29, 0.717) is 5.69 Å². The maximum Gasteiger partial charge on any atom is 0.262 e. The van der Waals surface area contributed by atoms with Gasteiger partial charge in [-0.1, -0.05) is 18.2 Å². The van der Waals surface area contributed by atoms with Gasteiger partial charge in [0, 0.05) is 18.8 Å². The van der Waals surface area contributed by atoms with Gasteiger partial charge in [-0.3, -0.25) is 14.5 Å². The second kappa shape index (κ2) is 8.69. The third-order valence-corrected chi connectivity index (χ3v) is 4.02. The number of hydrogen-bond donors (Lipinski definition) is 1. The van der Waals surface area contributed by atoms with E-state index in [1.165, 1.54) is 37.3 Å². The second-order valence-electron chi connectivity index (χ2n) is 5.03. The van der Waals surface area contributed by atoms with Gasteiger partial charge < -0.3 is 5.32 Å². The number of aromatic nitrogens is 1. The van der Waals surface area contributed by atoms with Crippen LogP contribution in [0.1, 0.15) is 12.6 Å². The predicted molar refractivity (Wildman–Crippen MR) is 98.1 cm³/mol. The summed E-state index contributed by atoms with van der Waals surface area (Å²) in [5.74, 6) is -1.53. The largest absolute Gasteiger partial charge is 0.348 e. The lowest BCUT2D eigenvalue weighted by molar-refractivity contribution is -0.117. The number of rotatable bonds is 6. The lowest BCUT2D eigenvalue weighted by atomic mass is 10.2. The zero-order chi connectivity index (χ0) is 19.1. The number of benzene rings is 1. The van der Waals surface area contributed by atoms with Gasteiger partial charge in [0.15, 0.2) is 5.13 Å². The van der Waals surface area contributed by atoms with Crippen LogP contribution < -0.4 is 10.2 Å². The highest BCUT2D eigenvalue weighted by Gasteiger charge is 2.21. The molecule has 0 unspecified atom stereocenters. The molecule has 1 heterocycles. The van der Waals surface area contributed by atoms with Crippen LogP contribution in [0.4, 0.5) is 15.2 Å². The summed E-state index contributed by atoms with van der Waals surface area (Å²) in [7, 11) is 0. The Morgan fingerprint density at radius 3 is 2.81 bits per heavy atom. The molecule has 0 fully saturated rings. The van der Waals surface area contributed by atoms with E-state index in [2.05, 4.69) is 16.9 Å². The van der Waals surface area contributed by atoms with E-state index in [1.807, 2.05) is 0 Å². The van der Waals surface area contributed by atoms with Crippen LogP contribution in [0.25, 0.3) is 6.08 Å². The molecule has 0 aliphatic carbocycles. The van der Waals surface area contributed by atoms with Gasteiger partial charge in [-0.2, -0.15) is 5.26 Å². The Kier molecular flexibility index (Phi) is 6.36. The molecule has 0 aliphatic heterocycles. The Balaban J connectivity index is 2.35. The lowest BCUT2D eigenvalue weighted by Gasteiger charge is -2.18. The van der Waals surface area contributed by atoms with Gasteiger partial charge in [0.2, 0.25) is 5.91 Å². The highest BCUT2D eigenvalue weighted by Crippen LogP contribution is 2.31. The van der Waals surface area contributed by atoms with Gasteiger partial charge in [0.25, 0.3) is 5.91 Å². The number of nitrogens with one attached hydrogen (secondary N) is 1. The molecule has 2 amide bonds. The molecular weight excluding hydrogens is 355 g/mol. The zero-order valence-electron chi connectivity index (χ0n) is 13.9. The maximum atomic E-state index is 14.0. The van der Waals surface area contributed by atoms with E-state index >= 15 is 0 Å². The van der Waals surface area contributed by atoms with Gasteiger partial charge in [-0.25, -0.2) is 9.37 Å². The zero-order valence-corrected chi connectivity index (χ0v) is 14.7. The first kappa shape index (κ1) is 19.0. The number of carbonyl (C=O) groups is 2. The van der Waals surface area contributed by atoms with Crippen molar-refractivity contribution in [3.05, 3.63) is 59.4 Å². The van der Waals surface area contributed by atoms with Crippen LogP contribution in [-0.4, -0.2) is 23.3 Å². The third-order valence-electron chi connectivity index (χ3n) is 3.17. The van der Waals surface area contributed by atoms with Crippen LogP contribution in [0.2, 0.25) is 0 Å². The van der Waals surface area contributed by atoms with Crippen LogP contribution in [0.15, 0.2) is 47.9 Å². The minimum Gasteiger partial charge on any atom is -0.348 e. The van der Waals surface area contributed by atoms with Crippen molar-refractivity contribution in [2.45, 2.75) is 6.92 Å². The number of amides is 2. The van der Waals surface area contributed by atoms with Crippen molar-refractivity contribution in [3.8, 4) is 6.07 Å². The smallest absolute Gasteiger partial charge is 0.262 e. The minimum atomic E-state index is -0.559. The normalized spacial score (nSPS) is 10.7. The fourth-order valence-electron chi connectivity index (χ4n) is 2.04. The Hall–Kier alpha value is -3.31. The van der Waals surface area contributed by atoms with Crippen LogP contribution in [0.5, 0.6) is 0 Å². The number of nitrogens with zero attached hydrogens (tertiary/aromatic N) is 3. The molecule has 8 heteroatoms. The molecule has 132 valence electrons. The number of anilines is 2. The van der Waals surface area contributed by atoms with Crippen molar-refractivity contribution in [2.24, 2.45) is 0 Å². The van der Waals surface area contributed by atoms with Crippen LogP contribution in [0.3, 0.4) is 0 Å².